The lowest BCUT2D eigenvalue weighted by atomic mass is 9.97. The van der Waals surface area contributed by atoms with Gasteiger partial charge in [-0.15, -0.1) is 0 Å². The summed E-state index contributed by atoms with van der Waals surface area (Å²) < 4.78 is 13.6. The first-order chi connectivity index (χ1) is 9.56. The van der Waals surface area contributed by atoms with Crippen LogP contribution in [-0.4, -0.2) is 5.91 Å². The molecule has 0 saturated heterocycles. The summed E-state index contributed by atoms with van der Waals surface area (Å²) in [5.74, 6) is -0.674. The topological polar surface area (TPSA) is 29.1 Å². The number of rotatable bonds is 4. The van der Waals surface area contributed by atoms with E-state index in [1.165, 1.54) is 12.1 Å². The smallest absolute Gasteiger partial charge is 0.225 e. The summed E-state index contributed by atoms with van der Waals surface area (Å²) in [5.41, 5.74) is 1.24. The van der Waals surface area contributed by atoms with Crippen LogP contribution < -0.4 is 5.32 Å². The van der Waals surface area contributed by atoms with Gasteiger partial charge in [-0.3, -0.25) is 4.79 Å². The average molecular weight is 292 g/mol. The van der Waals surface area contributed by atoms with Crippen molar-refractivity contribution >= 4 is 23.2 Å². The highest BCUT2D eigenvalue weighted by Crippen LogP contribution is 2.22. The van der Waals surface area contributed by atoms with Crippen LogP contribution in [0.15, 0.2) is 48.5 Å². The van der Waals surface area contributed by atoms with Crippen molar-refractivity contribution in [3.05, 3.63) is 64.9 Å². The molecule has 0 radical (unpaired) electrons. The quantitative estimate of drug-likeness (QED) is 0.875. The Morgan fingerprint density at radius 3 is 2.60 bits per heavy atom. The van der Waals surface area contributed by atoms with Crippen molar-refractivity contribution in [2.24, 2.45) is 0 Å². The molecule has 0 saturated carbocycles. The average Bonchev–Trinajstić information content (AvgIpc) is 2.43. The van der Waals surface area contributed by atoms with E-state index in [2.05, 4.69) is 5.32 Å². The number of hydrogen-bond donors (Lipinski definition) is 1. The number of nitrogens with one attached hydrogen (secondary N) is 1. The van der Waals surface area contributed by atoms with Crippen LogP contribution in [0.1, 0.15) is 24.8 Å². The molecule has 1 atom stereocenters. The van der Waals surface area contributed by atoms with Gasteiger partial charge < -0.3 is 5.32 Å². The number of amides is 1. The molecule has 2 nitrogen and oxygen atoms in total. The number of benzene rings is 2. The molecule has 2 aromatic rings. The third-order valence-corrected chi connectivity index (χ3v) is 3.30. The summed E-state index contributed by atoms with van der Waals surface area (Å²) in [6, 6.07) is 13.9. The zero-order valence-electron chi connectivity index (χ0n) is 11.1. The molecule has 0 unspecified atom stereocenters. The van der Waals surface area contributed by atoms with Gasteiger partial charge in [0.15, 0.2) is 0 Å². The van der Waals surface area contributed by atoms with E-state index in [0.717, 1.165) is 5.56 Å². The van der Waals surface area contributed by atoms with Crippen molar-refractivity contribution in [1.82, 2.24) is 0 Å². The Bertz CT molecular complexity index is 601. The first kappa shape index (κ1) is 14.5. The zero-order valence-corrected chi connectivity index (χ0v) is 11.8. The fourth-order valence-electron chi connectivity index (χ4n) is 1.97. The zero-order chi connectivity index (χ0) is 14.5. The molecule has 0 aliphatic carbocycles. The third-order valence-electron chi connectivity index (χ3n) is 3.07. The Balaban J connectivity index is 1.99. The molecule has 0 spiro atoms. The molecule has 0 aliphatic rings. The monoisotopic (exact) mass is 291 g/mol. The molecule has 104 valence electrons. The van der Waals surface area contributed by atoms with Gasteiger partial charge in [0.2, 0.25) is 5.91 Å². The Labute approximate surface area is 122 Å². The highest BCUT2D eigenvalue weighted by molar-refractivity contribution is 6.30. The lowest BCUT2D eigenvalue weighted by Crippen LogP contribution is -2.15. The molecule has 4 heteroatoms. The van der Waals surface area contributed by atoms with Crippen molar-refractivity contribution in [3.63, 3.8) is 0 Å². The fourth-order valence-corrected chi connectivity index (χ4v) is 2.13. The van der Waals surface area contributed by atoms with Crippen molar-refractivity contribution < 1.29 is 9.18 Å². The maximum absolute atomic E-state index is 13.6. The van der Waals surface area contributed by atoms with Gasteiger partial charge in [-0.2, -0.15) is 0 Å². The van der Waals surface area contributed by atoms with E-state index < -0.39 is 5.82 Å². The minimum atomic E-state index is -0.529. The summed E-state index contributed by atoms with van der Waals surface area (Å²) in [7, 11) is 0. The molecular formula is C16H15ClFNO. The van der Waals surface area contributed by atoms with E-state index in [0.29, 0.717) is 11.4 Å². The maximum atomic E-state index is 13.6. The molecule has 0 aromatic heterocycles. The molecule has 1 N–H and O–H groups in total. The van der Waals surface area contributed by atoms with E-state index in [9.17, 15) is 9.18 Å². The lowest BCUT2D eigenvalue weighted by Gasteiger charge is -2.12. The molecule has 2 aromatic carbocycles. The summed E-state index contributed by atoms with van der Waals surface area (Å²) in [6.07, 6.45) is 0.298. The summed E-state index contributed by atoms with van der Waals surface area (Å²) >= 11 is 5.67. The lowest BCUT2D eigenvalue weighted by molar-refractivity contribution is -0.116. The molecule has 2 rings (SSSR count). The van der Waals surface area contributed by atoms with Gasteiger partial charge in [0.1, 0.15) is 5.82 Å². The Morgan fingerprint density at radius 2 is 1.95 bits per heavy atom. The van der Waals surface area contributed by atoms with Crippen LogP contribution in [0.4, 0.5) is 10.1 Å². The van der Waals surface area contributed by atoms with Crippen molar-refractivity contribution in [3.8, 4) is 0 Å². The van der Waals surface area contributed by atoms with Crippen LogP contribution >= 0.6 is 11.6 Å². The molecule has 1 amide bonds. The summed E-state index contributed by atoms with van der Waals surface area (Å²) in [5, 5.41) is 2.87. The van der Waals surface area contributed by atoms with Crippen LogP contribution in [0.5, 0.6) is 0 Å². The van der Waals surface area contributed by atoms with Gasteiger partial charge in [0.25, 0.3) is 0 Å². The van der Waals surface area contributed by atoms with E-state index in [-0.39, 0.29) is 17.5 Å². The normalized spacial score (nSPS) is 11.9. The van der Waals surface area contributed by atoms with Crippen molar-refractivity contribution in [1.29, 1.82) is 0 Å². The largest absolute Gasteiger partial charge is 0.324 e. The number of halogens is 2. The third kappa shape index (κ3) is 3.81. The Kier molecular flexibility index (Phi) is 4.74. The Hall–Kier alpha value is -1.87. The van der Waals surface area contributed by atoms with E-state index in [1.807, 2.05) is 37.3 Å². The van der Waals surface area contributed by atoms with Gasteiger partial charge in [0.05, 0.1) is 5.69 Å². The molecule has 0 fully saturated rings. The highest BCUT2D eigenvalue weighted by atomic mass is 35.5. The predicted molar refractivity (Wildman–Crippen MR) is 79.5 cm³/mol. The van der Waals surface area contributed by atoms with Crippen molar-refractivity contribution in [2.75, 3.05) is 5.32 Å². The first-order valence-corrected chi connectivity index (χ1v) is 6.74. The molecular weight excluding hydrogens is 277 g/mol. The highest BCUT2D eigenvalue weighted by Gasteiger charge is 2.12. The molecule has 0 heterocycles. The maximum Gasteiger partial charge on any atom is 0.225 e. The second-order valence-electron chi connectivity index (χ2n) is 4.69. The number of carbonyl (C=O) groups excluding carboxylic acids is 1. The fraction of sp³-hybridized carbons (Fsp3) is 0.188. The standard InChI is InChI=1S/C16H15ClFNO/c1-11(12-5-3-2-4-6-12)9-16(20)19-15-8-7-13(17)10-14(15)18/h2-8,10-11H,9H2,1H3,(H,19,20)/t11-/m0/s1. The van der Waals surface area contributed by atoms with E-state index >= 15 is 0 Å². The van der Waals surface area contributed by atoms with Gasteiger partial charge >= 0.3 is 0 Å². The van der Waals surface area contributed by atoms with Crippen LogP contribution in [0.3, 0.4) is 0 Å². The number of hydrogen-bond acceptors (Lipinski definition) is 1. The molecule has 20 heavy (non-hydrogen) atoms. The van der Waals surface area contributed by atoms with Crippen molar-refractivity contribution in [2.45, 2.75) is 19.3 Å². The van der Waals surface area contributed by atoms with E-state index in [1.54, 1.807) is 6.07 Å². The molecule has 0 bridgehead atoms. The van der Waals surface area contributed by atoms with Crippen LogP contribution in [0.2, 0.25) is 5.02 Å². The molecule has 0 aliphatic heterocycles. The summed E-state index contributed by atoms with van der Waals surface area (Å²) in [4.78, 5) is 11.9. The SMILES string of the molecule is C[C@@H](CC(=O)Nc1ccc(Cl)cc1F)c1ccccc1. The second-order valence-corrected chi connectivity index (χ2v) is 5.12. The summed E-state index contributed by atoms with van der Waals surface area (Å²) in [6.45, 7) is 1.97. The predicted octanol–water partition coefficient (Wildman–Crippen LogP) is 4.61. The number of anilines is 1. The van der Waals surface area contributed by atoms with Crippen LogP contribution in [-0.2, 0) is 4.79 Å². The van der Waals surface area contributed by atoms with Gasteiger partial charge in [0, 0.05) is 11.4 Å². The van der Waals surface area contributed by atoms with Gasteiger partial charge in [-0.05, 0) is 29.7 Å². The Morgan fingerprint density at radius 1 is 1.25 bits per heavy atom. The van der Waals surface area contributed by atoms with Crippen LogP contribution in [0.25, 0.3) is 0 Å². The minimum Gasteiger partial charge on any atom is -0.324 e. The second kappa shape index (κ2) is 6.53. The van der Waals surface area contributed by atoms with E-state index in [4.69, 9.17) is 11.6 Å². The number of carbonyl (C=O) groups is 1. The van der Waals surface area contributed by atoms with Gasteiger partial charge in [-0.1, -0.05) is 48.9 Å². The minimum absolute atomic E-state index is 0.0755. The van der Waals surface area contributed by atoms with Gasteiger partial charge in [-0.25, -0.2) is 4.39 Å². The van der Waals surface area contributed by atoms with Crippen LogP contribution in [0, 0.1) is 5.82 Å². The first-order valence-electron chi connectivity index (χ1n) is 6.36.